The molecule has 1 aromatic carbocycles. The molecular weight excluding hydrogens is 238 g/mol. The number of Topliss-reactive ketones (excluding diaryl/α,β-unsaturated/α-hetero) is 1. The van der Waals surface area contributed by atoms with Crippen LogP contribution in [0, 0.1) is 0 Å². The van der Waals surface area contributed by atoms with Gasteiger partial charge in [0.15, 0.2) is 5.78 Å². The van der Waals surface area contributed by atoms with Crippen LogP contribution < -0.4 is 10.5 Å². The summed E-state index contributed by atoms with van der Waals surface area (Å²) in [5.74, 6) is 0.714. The van der Waals surface area contributed by atoms with E-state index in [1.165, 1.54) is 7.11 Å². The van der Waals surface area contributed by atoms with Gasteiger partial charge in [0.25, 0.3) is 0 Å². The summed E-state index contributed by atoms with van der Waals surface area (Å²) >= 11 is 6.11. The summed E-state index contributed by atoms with van der Waals surface area (Å²) in [6.07, 6.45) is 0.300. The zero-order valence-electron chi connectivity index (χ0n) is 10.4. The first-order chi connectivity index (χ1) is 8.01. The smallest absolute Gasteiger partial charge is 0.167 e. The Balaban J connectivity index is 3.28. The minimum Gasteiger partial charge on any atom is -0.494 e. The average Bonchev–Trinajstić information content (AvgIpc) is 2.28. The Kier molecular flexibility index (Phi) is 4.97. The van der Waals surface area contributed by atoms with E-state index >= 15 is 0 Å². The number of rotatable bonds is 5. The second-order valence-corrected chi connectivity index (χ2v) is 4.61. The molecule has 1 aromatic rings. The zero-order valence-corrected chi connectivity index (χ0v) is 11.2. The van der Waals surface area contributed by atoms with Gasteiger partial charge in [-0.1, -0.05) is 25.4 Å². The normalized spacial score (nSPS) is 10.7. The summed E-state index contributed by atoms with van der Waals surface area (Å²) in [7, 11) is 1.51. The molecule has 0 bridgehead atoms. The predicted molar refractivity (Wildman–Crippen MR) is 70.1 cm³/mol. The van der Waals surface area contributed by atoms with Gasteiger partial charge in [-0.25, -0.2) is 0 Å². The first-order valence-corrected chi connectivity index (χ1v) is 5.99. The minimum absolute atomic E-state index is 0.0336. The second kappa shape index (κ2) is 6.03. The maximum Gasteiger partial charge on any atom is 0.167 e. The molecule has 0 heterocycles. The molecule has 2 N–H and O–H groups in total. The van der Waals surface area contributed by atoms with Gasteiger partial charge < -0.3 is 10.5 Å². The molecule has 1 rings (SSSR count). The van der Waals surface area contributed by atoms with Crippen LogP contribution in [0.4, 0.5) is 0 Å². The third kappa shape index (κ3) is 3.20. The van der Waals surface area contributed by atoms with E-state index in [1.807, 2.05) is 12.1 Å². The van der Waals surface area contributed by atoms with Crippen molar-refractivity contribution in [2.45, 2.75) is 26.2 Å². The van der Waals surface area contributed by atoms with Gasteiger partial charge >= 0.3 is 0 Å². The van der Waals surface area contributed by atoms with Crippen molar-refractivity contribution in [3.05, 3.63) is 28.3 Å². The lowest BCUT2D eigenvalue weighted by Gasteiger charge is -2.13. The summed E-state index contributed by atoms with van der Waals surface area (Å²) in [6.45, 7) is 4.43. The molecule has 94 valence electrons. The van der Waals surface area contributed by atoms with Gasteiger partial charge in [-0.2, -0.15) is 0 Å². The summed E-state index contributed by atoms with van der Waals surface area (Å²) < 4.78 is 5.18. The molecule has 0 unspecified atom stereocenters. The van der Waals surface area contributed by atoms with E-state index in [9.17, 15) is 4.79 Å². The molecule has 3 nitrogen and oxygen atoms in total. The lowest BCUT2D eigenvalue weighted by atomic mass is 9.97. The summed E-state index contributed by atoms with van der Waals surface area (Å²) in [6, 6.07) is 3.68. The molecule has 0 saturated heterocycles. The number of benzene rings is 1. The number of carbonyl (C=O) groups excluding carboxylic acids is 1. The Morgan fingerprint density at radius 2 is 2.12 bits per heavy atom. The largest absolute Gasteiger partial charge is 0.494 e. The SMILES string of the molecule is COc1c(Cl)cc(C(C)C)cc1C(=O)CCN. The Morgan fingerprint density at radius 1 is 1.47 bits per heavy atom. The van der Waals surface area contributed by atoms with Crippen molar-refractivity contribution in [2.75, 3.05) is 13.7 Å². The first-order valence-electron chi connectivity index (χ1n) is 5.62. The van der Waals surface area contributed by atoms with Crippen LogP contribution in [0.3, 0.4) is 0 Å². The Morgan fingerprint density at radius 3 is 2.59 bits per heavy atom. The fourth-order valence-electron chi connectivity index (χ4n) is 1.63. The molecule has 0 saturated carbocycles. The van der Waals surface area contributed by atoms with E-state index in [0.717, 1.165) is 5.56 Å². The van der Waals surface area contributed by atoms with E-state index < -0.39 is 0 Å². The van der Waals surface area contributed by atoms with Crippen LogP contribution >= 0.6 is 11.6 Å². The Labute approximate surface area is 107 Å². The van der Waals surface area contributed by atoms with Crippen LogP contribution in [0.5, 0.6) is 5.75 Å². The number of nitrogens with two attached hydrogens (primary N) is 1. The summed E-state index contributed by atoms with van der Waals surface area (Å²) in [5.41, 5.74) is 6.95. The standard InChI is InChI=1S/C13H18ClNO2/c1-8(2)9-6-10(12(16)4-5-15)13(17-3)11(14)7-9/h6-8H,4-5,15H2,1-3H3. The molecule has 0 aromatic heterocycles. The molecule has 0 aliphatic carbocycles. The van der Waals surface area contributed by atoms with Gasteiger partial charge in [-0.3, -0.25) is 4.79 Å². The quantitative estimate of drug-likeness (QED) is 0.823. The van der Waals surface area contributed by atoms with E-state index in [2.05, 4.69) is 13.8 Å². The number of hydrogen-bond acceptors (Lipinski definition) is 3. The second-order valence-electron chi connectivity index (χ2n) is 4.20. The minimum atomic E-state index is -0.0336. The van der Waals surface area contributed by atoms with Crippen molar-refractivity contribution in [2.24, 2.45) is 5.73 Å². The summed E-state index contributed by atoms with van der Waals surface area (Å²) in [5, 5.41) is 0.471. The van der Waals surface area contributed by atoms with Crippen LogP contribution in [0.25, 0.3) is 0 Å². The molecule has 0 amide bonds. The molecule has 0 aliphatic rings. The maximum atomic E-state index is 11.9. The number of hydrogen-bond donors (Lipinski definition) is 1. The van der Waals surface area contributed by atoms with Crippen molar-refractivity contribution >= 4 is 17.4 Å². The maximum absolute atomic E-state index is 11.9. The van der Waals surface area contributed by atoms with Crippen molar-refractivity contribution in [3.63, 3.8) is 0 Å². The van der Waals surface area contributed by atoms with E-state index in [1.54, 1.807) is 0 Å². The molecule has 0 radical (unpaired) electrons. The number of carbonyl (C=O) groups is 1. The predicted octanol–water partition coefficient (Wildman–Crippen LogP) is 3.00. The topological polar surface area (TPSA) is 52.3 Å². The zero-order chi connectivity index (χ0) is 13.0. The van der Waals surface area contributed by atoms with Gasteiger partial charge in [0.2, 0.25) is 0 Å². The van der Waals surface area contributed by atoms with Crippen LogP contribution in [-0.2, 0) is 0 Å². The average molecular weight is 256 g/mol. The van der Waals surface area contributed by atoms with Crippen LogP contribution in [0.15, 0.2) is 12.1 Å². The van der Waals surface area contributed by atoms with Crippen molar-refractivity contribution in [1.82, 2.24) is 0 Å². The third-order valence-electron chi connectivity index (χ3n) is 2.61. The highest BCUT2D eigenvalue weighted by Gasteiger charge is 2.17. The van der Waals surface area contributed by atoms with E-state index in [0.29, 0.717) is 35.2 Å². The molecule has 0 atom stereocenters. The van der Waals surface area contributed by atoms with Crippen LogP contribution in [-0.4, -0.2) is 19.4 Å². The van der Waals surface area contributed by atoms with Gasteiger partial charge in [0.1, 0.15) is 5.75 Å². The monoisotopic (exact) mass is 255 g/mol. The van der Waals surface area contributed by atoms with Gasteiger partial charge in [-0.05, 0) is 30.2 Å². The molecule has 4 heteroatoms. The van der Waals surface area contributed by atoms with Crippen molar-refractivity contribution in [1.29, 1.82) is 0 Å². The highest BCUT2D eigenvalue weighted by molar-refractivity contribution is 6.32. The van der Waals surface area contributed by atoms with Crippen molar-refractivity contribution in [3.8, 4) is 5.75 Å². The van der Waals surface area contributed by atoms with E-state index in [-0.39, 0.29) is 5.78 Å². The number of ketones is 1. The first kappa shape index (κ1) is 14.0. The van der Waals surface area contributed by atoms with Crippen LogP contribution in [0.1, 0.15) is 42.1 Å². The number of methoxy groups -OCH3 is 1. The van der Waals surface area contributed by atoms with E-state index in [4.69, 9.17) is 22.1 Å². The highest BCUT2D eigenvalue weighted by atomic mass is 35.5. The highest BCUT2D eigenvalue weighted by Crippen LogP contribution is 2.33. The number of halogens is 1. The molecular formula is C13H18ClNO2. The lowest BCUT2D eigenvalue weighted by Crippen LogP contribution is -2.10. The summed E-state index contributed by atoms with van der Waals surface area (Å²) in [4.78, 5) is 11.9. The van der Waals surface area contributed by atoms with Crippen molar-refractivity contribution < 1.29 is 9.53 Å². The lowest BCUT2D eigenvalue weighted by molar-refractivity contribution is 0.0982. The Bertz CT molecular complexity index is 416. The molecule has 0 aliphatic heterocycles. The van der Waals surface area contributed by atoms with Gasteiger partial charge in [0.05, 0.1) is 17.7 Å². The Hall–Kier alpha value is -1.06. The fourth-order valence-corrected chi connectivity index (χ4v) is 1.93. The fraction of sp³-hybridized carbons (Fsp3) is 0.462. The third-order valence-corrected chi connectivity index (χ3v) is 2.89. The molecule has 17 heavy (non-hydrogen) atoms. The van der Waals surface area contributed by atoms with Gasteiger partial charge in [-0.15, -0.1) is 0 Å². The molecule has 0 spiro atoms. The number of ether oxygens (including phenoxy) is 1. The molecule has 0 fully saturated rings. The van der Waals surface area contributed by atoms with Crippen LogP contribution in [0.2, 0.25) is 5.02 Å². The van der Waals surface area contributed by atoms with Gasteiger partial charge in [0, 0.05) is 6.42 Å².